The van der Waals surface area contributed by atoms with Gasteiger partial charge in [-0.3, -0.25) is 0 Å². The molecule has 0 aromatic heterocycles. The first-order chi connectivity index (χ1) is 7.24. The van der Waals surface area contributed by atoms with Gasteiger partial charge in [0.25, 0.3) is 0 Å². The van der Waals surface area contributed by atoms with Crippen molar-refractivity contribution < 1.29 is 4.74 Å². The Morgan fingerprint density at radius 3 is 2.33 bits per heavy atom. The van der Waals surface area contributed by atoms with E-state index in [1.807, 2.05) is 50.3 Å². The van der Waals surface area contributed by atoms with Crippen LogP contribution in [0.2, 0.25) is 0 Å². The van der Waals surface area contributed by atoms with Crippen LogP contribution in [0.25, 0.3) is 0 Å². The largest absolute Gasteiger partial charge is 0.462 e. The van der Waals surface area contributed by atoms with Gasteiger partial charge < -0.3 is 4.74 Å². The van der Waals surface area contributed by atoms with E-state index in [2.05, 4.69) is 13.2 Å². The average molecular weight is 202 g/mol. The van der Waals surface area contributed by atoms with Crippen molar-refractivity contribution in [3.63, 3.8) is 0 Å². The van der Waals surface area contributed by atoms with Crippen molar-refractivity contribution in [1.82, 2.24) is 0 Å². The normalized spacial score (nSPS) is 13.5. The SMILES string of the molecule is C=C/C=C\C=C(/C=C)O/C(C)=C/C=C\C. The first-order valence-corrected chi connectivity index (χ1v) is 4.83. The van der Waals surface area contributed by atoms with E-state index in [1.54, 1.807) is 12.2 Å². The molecule has 0 heterocycles. The highest BCUT2D eigenvalue weighted by Gasteiger charge is 1.91. The van der Waals surface area contributed by atoms with Gasteiger partial charge in [0.15, 0.2) is 0 Å². The van der Waals surface area contributed by atoms with Crippen LogP contribution in [-0.4, -0.2) is 0 Å². The van der Waals surface area contributed by atoms with Gasteiger partial charge in [-0.15, -0.1) is 0 Å². The van der Waals surface area contributed by atoms with Crippen LogP contribution in [0.3, 0.4) is 0 Å². The Labute approximate surface area is 92.5 Å². The Morgan fingerprint density at radius 1 is 1.07 bits per heavy atom. The second kappa shape index (κ2) is 8.82. The van der Waals surface area contributed by atoms with Crippen LogP contribution < -0.4 is 0 Å². The third-order valence-corrected chi connectivity index (χ3v) is 1.51. The Bertz CT molecular complexity index is 314. The molecule has 15 heavy (non-hydrogen) atoms. The van der Waals surface area contributed by atoms with Crippen molar-refractivity contribution in [1.29, 1.82) is 0 Å². The lowest BCUT2D eigenvalue weighted by atomic mass is 10.3. The van der Waals surface area contributed by atoms with Crippen molar-refractivity contribution >= 4 is 0 Å². The summed E-state index contributed by atoms with van der Waals surface area (Å²) in [6.07, 6.45) is 14.7. The van der Waals surface area contributed by atoms with Gasteiger partial charge in [-0.1, -0.05) is 43.5 Å². The minimum Gasteiger partial charge on any atom is -0.462 e. The van der Waals surface area contributed by atoms with E-state index < -0.39 is 0 Å². The number of rotatable bonds is 6. The number of hydrogen-bond donors (Lipinski definition) is 0. The highest BCUT2D eigenvalue weighted by Crippen LogP contribution is 2.07. The molecule has 0 atom stereocenters. The summed E-state index contributed by atoms with van der Waals surface area (Å²) in [4.78, 5) is 0. The number of allylic oxidation sites excluding steroid dienone is 9. The zero-order valence-electron chi connectivity index (χ0n) is 9.44. The van der Waals surface area contributed by atoms with Gasteiger partial charge in [-0.25, -0.2) is 0 Å². The van der Waals surface area contributed by atoms with Crippen molar-refractivity contribution in [2.24, 2.45) is 0 Å². The molecule has 0 aromatic carbocycles. The smallest absolute Gasteiger partial charge is 0.126 e. The van der Waals surface area contributed by atoms with Crippen LogP contribution >= 0.6 is 0 Å². The summed E-state index contributed by atoms with van der Waals surface area (Å²) in [5.41, 5.74) is 0. The first-order valence-electron chi connectivity index (χ1n) is 4.83. The average Bonchev–Trinajstić information content (AvgIpc) is 2.25. The quantitative estimate of drug-likeness (QED) is 0.461. The van der Waals surface area contributed by atoms with E-state index >= 15 is 0 Å². The van der Waals surface area contributed by atoms with E-state index in [1.165, 1.54) is 0 Å². The molecule has 0 aromatic rings. The topological polar surface area (TPSA) is 9.23 Å². The van der Waals surface area contributed by atoms with Crippen LogP contribution in [0.15, 0.2) is 73.3 Å². The molecule has 0 aliphatic rings. The van der Waals surface area contributed by atoms with Gasteiger partial charge in [0.2, 0.25) is 0 Å². The fourth-order valence-electron chi connectivity index (χ4n) is 0.824. The predicted octanol–water partition coefficient (Wildman–Crippen LogP) is 4.30. The second-order valence-electron chi connectivity index (χ2n) is 2.80. The van der Waals surface area contributed by atoms with Crippen LogP contribution in [0, 0.1) is 0 Å². The maximum Gasteiger partial charge on any atom is 0.126 e. The van der Waals surface area contributed by atoms with Gasteiger partial charge in [0.1, 0.15) is 11.5 Å². The van der Waals surface area contributed by atoms with E-state index in [-0.39, 0.29) is 0 Å². The van der Waals surface area contributed by atoms with Gasteiger partial charge in [0.05, 0.1) is 0 Å². The molecule has 0 aliphatic carbocycles. The molecule has 0 amide bonds. The highest BCUT2D eigenvalue weighted by atomic mass is 16.5. The van der Waals surface area contributed by atoms with Gasteiger partial charge in [-0.2, -0.15) is 0 Å². The molecular weight excluding hydrogens is 184 g/mol. The molecule has 80 valence electrons. The molecule has 0 unspecified atom stereocenters. The van der Waals surface area contributed by atoms with Crippen molar-refractivity contribution in [3.8, 4) is 0 Å². The molecular formula is C14H18O. The second-order valence-corrected chi connectivity index (χ2v) is 2.80. The summed E-state index contributed by atoms with van der Waals surface area (Å²) in [7, 11) is 0. The summed E-state index contributed by atoms with van der Waals surface area (Å²) < 4.78 is 5.52. The summed E-state index contributed by atoms with van der Waals surface area (Å²) in [6, 6.07) is 0. The van der Waals surface area contributed by atoms with E-state index in [9.17, 15) is 0 Å². The molecule has 0 aliphatic heterocycles. The zero-order chi connectivity index (χ0) is 11.5. The Morgan fingerprint density at radius 2 is 1.80 bits per heavy atom. The third kappa shape index (κ3) is 7.32. The first kappa shape index (κ1) is 13.2. The van der Waals surface area contributed by atoms with Gasteiger partial charge in [-0.05, 0) is 32.1 Å². The van der Waals surface area contributed by atoms with E-state index in [4.69, 9.17) is 4.74 Å². The minimum absolute atomic E-state index is 0.714. The van der Waals surface area contributed by atoms with Crippen LogP contribution in [0.1, 0.15) is 13.8 Å². The number of hydrogen-bond acceptors (Lipinski definition) is 1. The molecule has 0 bridgehead atoms. The Balaban J connectivity index is 4.45. The van der Waals surface area contributed by atoms with Crippen molar-refractivity contribution in [2.45, 2.75) is 13.8 Å². The summed E-state index contributed by atoms with van der Waals surface area (Å²) in [5.74, 6) is 1.54. The van der Waals surface area contributed by atoms with Gasteiger partial charge >= 0.3 is 0 Å². The molecule has 1 heteroatoms. The molecule has 0 N–H and O–H groups in total. The Kier molecular flexibility index (Phi) is 7.79. The summed E-state index contributed by atoms with van der Waals surface area (Å²) >= 11 is 0. The molecule has 0 saturated carbocycles. The minimum atomic E-state index is 0.714. The molecule has 0 fully saturated rings. The molecule has 0 rings (SSSR count). The standard InChI is InChI=1S/C14H18O/c1-5-8-10-12-14(7-3)15-13(4)11-9-6-2/h5-12H,1,3H2,2,4H3/b9-6-,10-8-,13-11+,14-12+. The van der Waals surface area contributed by atoms with Crippen LogP contribution in [0.4, 0.5) is 0 Å². The monoisotopic (exact) mass is 202 g/mol. The lowest BCUT2D eigenvalue weighted by Crippen LogP contribution is -1.85. The third-order valence-electron chi connectivity index (χ3n) is 1.51. The van der Waals surface area contributed by atoms with Crippen molar-refractivity contribution in [2.75, 3.05) is 0 Å². The van der Waals surface area contributed by atoms with Crippen molar-refractivity contribution in [3.05, 3.63) is 73.3 Å². The predicted molar refractivity (Wildman–Crippen MR) is 67.3 cm³/mol. The van der Waals surface area contributed by atoms with E-state index in [0.717, 1.165) is 5.76 Å². The number of ether oxygens (including phenoxy) is 1. The summed E-state index contributed by atoms with van der Waals surface area (Å²) in [5, 5.41) is 0. The lowest BCUT2D eigenvalue weighted by Gasteiger charge is -2.04. The molecule has 0 saturated heterocycles. The van der Waals surface area contributed by atoms with Crippen LogP contribution in [-0.2, 0) is 4.74 Å². The fraction of sp³-hybridized carbons (Fsp3) is 0.143. The van der Waals surface area contributed by atoms with Gasteiger partial charge in [0, 0.05) is 0 Å². The Hall–Kier alpha value is -1.76. The lowest BCUT2D eigenvalue weighted by molar-refractivity contribution is 0.323. The highest BCUT2D eigenvalue weighted by molar-refractivity contribution is 5.20. The summed E-state index contributed by atoms with van der Waals surface area (Å²) in [6.45, 7) is 11.1. The maximum absolute atomic E-state index is 5.52. The van der Waals surface area contributed by atoms with Crippen LogP contribution in [0.5, 0.6) is 0 Å². The molecule has 0 radical (unpaired) electrons. The molecule has 0 spiro atoms. The zero-order valence-corrected chi connectivity index (χ0v) is 9.44. The fourth-order valence-corrected chi connectivity index (χ4v) is 0.824. The maximum atomic E-state index is 5.52. The molecule has 1 nitrogen and oxygen atoms in total. The van der Waals surface area contributed by atoms with E-state index in [0.29, 0.717) is 5.76 Å².